The molecule has 2 heteroatoms. The van der Waals surface area contributed by atoms with Gasteiger partial charge in [0, 0.05) is 5.70 Å². The van der Waals surface area contributed by atoms with E-state index in [4.69, 9.17) is 5.26 Å². The minimum Gasteiger partial charge on any atom is -0.293 e. The highest BCUT2D eigenvalue weighted by atomic mass is 14.9. The van der Waals surface area contributed by atoms with E-state index in [-0.39, 0.29) is 0 Å². The van der Waals surface area contributed by atoms with E-state index in [2.05, 4.69) is 63.0 Å². The van der Waals surface area contributed by atoms with Gasteiger partial charge in [-0.15, -0.1) is 0 Å². The predicted octanol–water partition coefficient (Wildman–Crippen LogP) is 5.46. The molecule has 2 atom stereocenters. The third-order valence-corrected chi connectivity index (χ3v) is 3.43. The number of rotatable bonds is 6. The number of nitrogens with one attached hydrogen (secondary N) is 1. The van der Waals surface area contributed by atoms with Crippen molar-refractivity contribution in [2.24, 2.45) is 5.92 Å². The van der Waals surface area contributed by atoms with Crippen LogP contribution in [0.25, 0.3) is 0 Å². The maximum atomic E-state index is 8.43. The number of aryl methyl sites for hydroxylation is 1. The van der Waals surface area contributed by atoms with Gasteiger partial charge in [0.05, 0.1) is 0 Å². The van der Waals surface area contributed by atoms with E-state index >= 15 is 0 Å². The molecule has 22 heavy (non-hydrogen) atoms. The standard InChI is InChI=1S/C18H22N2.C2H6/c1-14-9-11-18(12-10-14)17(4)15(2)7-5-6-8-16(3)20-13-19;1-2/h5-12,15,17,20H,3H2,1-2,4H3;1-2H3/b7-5+,8-6+;. The zero-order valence-electron chi connectivity index (χ0n) is 14.4. The molecule has 0 fully saturated rings. The highest BCUT2D eigenvalue weighted by Gasteiger charge is 2.10. The molecular weight excluding hydrogens is 268 g/mol. The molecule has 0 aromatic heterocycles. The topological polar surface area (TPSA) is 35.8 Å². The molecule has 1 N–H and O–H groups in total. The molecule has 118 valence electrons. The maximum Gasteiger partial charge on any atom is 0.181 e. The van der Waals surface area contributed by atoms with Crippen molar-refractivity contribution in [2.45, 2.75) is 40.5 Å². The zero-order chi connectivity index (χ0) is 17.0. The van der Waals surface area contributed by atoms with Crippen molar-refractivity contribution in [3.8, 4) is 6.19 Å². The fourth-order valence-corrected chi connectivity index (χ4v) is 1.86. The first-order valence-electron chi connectivity index (χ1n) is 7.80. The van der Waals surface area contributed by atoms with E-state index < -0.39 is 0 Å². The van der Waals surface area contributed by atoms with Crippen LogP contribution >= 0.6 is 0 Å². The van der Waals surface area contributed by atoms with E-state index in [1.54, 1.807) is 6.08 Å². The number of hydrogen-bond donors (Lipinski definition) is 1. The first kappa shape index (κ1) is 19.7. The summed E-state index contributed by atoms with van der Waals surface area (Å²) in [5.41, 5.74) is 3.24. The largest absolute Gasteiger partial charge is 0.293 e. The second-order valence-corrected chi connectivity index (χ2v) is 5.06. The molecule has 0 saturated heterocycles. The van der Waals surface area contributed by atoms with Crippen LogP contribution in [0.15, 0.2) is 60.8 Å². The van der Waals surface area contributed by atoms with Gasteiger partial charge in [0.15, 0.2) is 6.19 Å². The normalized spacial score (nSPS) is 13.1. The molecule has 1 rings (SSSR count). The van der Waals surface area contributed by atoms with Crippen LogP contribution in [0.5, 0.6) is 0 Å². The van der Waals surface area contributed by atoms with Crippen LogP contribution in [0, 0.1) is 24.3 Å². The van der Waals surface area contributed by atoms with Gasteiger partial charge in [0.2, 0.25) is 0 Å². The average Bonchev–Trinajstić information content (AvgIpc) is 2.53. The predicted molar refractivity (Wildman–Crippen MR) is 96.3 cm³/mol. The van der Waals surface area contributed by atoms with Crippen molar-refractivity contribution < 1.29 is 0 Å². The molecule has 1 aromatic carbocycles. The average molecular weight is 296 g/mol. The Morgan fingerprint density at radius 1 is 1.18 bits per heavy atom. The molecule has 0 spiro atoms. The number of benzene rings is 1. The van der Waals surface area contributed by atoms with Gasteiger partial charge in [-0.1, -0.05) is 82.3 Å². The third kappa shape index (κ3) is 7.50. The first-order valence-corrected chi connectivity index (χ1v) is 7.80. The van der Waals surface area contributed by atoms with Crippen molar-refractivity contribution >= 4 is 0 Å². The van der Waals surface area contributed by atoms with Crippen LogP contribution < -0.4 is 5.32 Å². The smallest absolute Gasteiger partial charge is 0.181 e. The molecule has 2 unspecified atom stereocenters. The summed E-state index contributed by atoms with van der Waals surface area (Å²) in [4.78, 5) is 0. The maximum absolute atomic E-state index is 8.43. The molecule has 0 bridgehead atoms. The lowest BCUT2D eigenvalue weighted by Gasteiger charge is -2.17. The molecule has 0 saturated carbocycles. The number of allylic oxidation sites excluding steroid dienone is 4. The van der Waals surface area contributed by atoms with Gasteiger partial charge in [0.25, 0.3) is 0 Å². The molecule has 0 radical (unpaired) electrons. The van der Waals surface area contributed by atoms with Crippen LogP contribution in [0.2, 0.25) is 0 Å². The van der Waals surface area contributed by atoms with Crippen molar-refractivity contribution in [1.29, 1.82) is 5.26 Å². The minimum atomic E-state index is 0.444. The van der Waals surface area contributed by atoms with Crippen molar-refractivity contribution in [2.75, 3.05) is 0 Å². The lowest BCUT2D eigenvalue weighted by molar-refractivity contribution is 0.591. The Hall–Kier alpha value is -2.27. The number of hydrogen-bond acceptors (Lipinski definition) is 2. The van der Waals surface area contributed by atoms with Crippen LogP contribution in [0.1, 0.15) is 44.7 Å². The molecule has 1 aromatic rings. The summed E-state index contributed by atoms with van der Waals surface area (Å²) in [6.07, 6.45) is 9.68. The molecule has 0 amide bonds. The third-order valence-electron chi connectivity index (χ3n) is 3.43. The van der Waals surface area contributed by atoms with Gasteiger partial charge in [0.1, 0.15) is 0 Å². The second kappa shape index (κ2) is 11.4. The molecule has 0 aliphatic rings. The summed E-state index contributed by atoms with van der Waals surface area (Å²) in [5.74, 6) is 0.917. The zero-order valence-corrected chi connectivity index (χ0v) is 14.4. The van der Waals surface area contributed by atoms with Gasteiger partial charge in [-0.05, 0) is 30.4 Å². The molecule has 0 aliphatic heterocycles. The first-order chi connectivity index (χ1) is 10.5. The fourth-order valence-electron chi connectivity index (χ4n) is 1.86. The minimum absolute atomic E-state index is 0.444. The van der Waals surface area contributed by atoms with Crippen molar-refractivity contribution in [3.63, 3.8) is 0 Å². The molecular formula is C20H28N2. The Labute approximate surface area is 135 Å². The Kier molecular flexibility index (Phi) is 10.2. The highest BCUT2D eigenvalue weighted by molar-refractivity contribution is 5.26. The lowest BCUT2D eigenvalue weighted by Crippen LogP contribution is -2.03. The van der Waals surface area contributed by atoms with Crippen LogP contribution in [-0.2, 0) is 0 Å². The Bertz CT molecular complexity index is 530. The summed E-state index contributed by atoms with van der Waals surface area (Å²) < 4.78 is 0. The summed E-state index contributed by atoms with van der Waals surface area (Å²) in [6.45, 7) is 14.2. The van der Waals surface area contributed by atoms with Crippen molar-refractivity contribution in [1.82, 2.24) is 5.32 Å². The number of nitrogens with zero attached hydrogens (tertiary/aromatic N) is 1. The van der Waals surface area contributed by atoms with Gasteiger partial charge >= 0.3 is 0 Å². The number of nitriles is 1. The Balaban J connectivity index is 0.00000211. The quantitative estimate of drug-likeness (QED) is 0.430. The Morgan fingerprint density at radius 2 is 1.77 bits per heavy atom. The molecule has 2 nitrogen and oxygen atoms in total. The summed E-state index contributed by atoms with van der Waals surface area (Å²) in [5, 5.41) is 10.9. The van der Waals surface area contributed by atoms with E-state index in [1.165, 1.54) is 11.1 Å². The van der Waals surface area contributed by atoms with Gasteiger partial charge in [-0.2, -0.15) is 5.26 Å². The van der Waals surface area contributed by atoms with E-state index in [9.17, 15) is 0 Å². The van der Waals surface area contributed by atoms with Crippen LogP contribution in [0.3, 0.4) is 0 Å². The SMILES string of the molecule is C=C(/C=C/C=C/C(C)C(C)c1ccc(C)cc1)NC#N.CC. The molecule has 0 heterocycles. The second-order valence-electron chi connectivity index (χ2n) is 5.06. The van der Waals surface area contributed by atoms with Gasteiger partial charge in [-0.25, -0.2) is 0 Å². The van der Waals surface area contributed by atoms with Gasteiger partial charge < -0.3 is 0 Å². The van der Waals surface area contributed by atoms with E-state index in [0.717, 1.165) is 0 Å². The van der Waals surface area contributed by atoms with Crippen molar-refractivity contribution in [3.05, 3.63) is 72.0 Å². The highest BCUT2D eigenvalue weighted by Crippen LogP contribution is 2.25. The Morgan fingerprint density at radius 3 is 2.32 bits per heavy atom. The lowest BCUT2D eigenvalue weighted by atomic mass is 9.88. The fraction of sp³-hybridized carbons (Fsp3) is 0.350. The monoisotopic (exact) mass is 296 g/mol. The van der Waals surface area contributed by atoms with E-state index in [1.807, 2.05) is 32.2 Å². The summed E-state index contributed by atoms with van der Waals surface area (Å²) in [6, 6.07) is 8.69. The van der Waals surface area contributed by atoms with Crippen LogP contribution in [0.4, 0.5) is 0 Å². The van der Waals surface area contributed by atoms with Gasteiger partial charge in [-0.3, -0.25) is 5.32 Å². The summed E-state index contributed by atoms with van der Waals surface area (Å²) >= 11 is 0. The molecule has 0 aliphatic carbocycles. The summed E-state index contributed by atoms with van der Waals surface area (Å²) in [7, 11) is 0. The van der Waals surface area contributed by atoms with E-state index in [0.29, 0.717) is 17.5 Å². The van der Waals surface area contributed by atoms with Crippen LogP contribution in [-0.4, -0.2) is 0 Å².